The summed E-state index contributed by atoms with van der Waals surface area (Å²) in [7, 11) is 3.08. The van der Waals surface area contributed by atoms with E-state index in [0.717, 1.165) is 5.56 Å². The number of benzene rings is 3. The van der Waals surface area contributed by atoms with Gasteiger partial charge in [0.1, 0.15) is 11.5 Å². The number of carbonyl (C=O) groups excluding carboxylic acids is 2. The molecule has 0 aliphatic heterocycles. The van der Waals surface area contributed by atoms with Gasteiger partial charge in [-0.1, -0.05) is 60.7 Å². The Morgan fingerprint density at radius 3 is 2.13 bits per heavy atom. The molecule has 3 aromatic rings. The van der Waals surface area contributed by atoms with Crippen molar-refractivity contribution in [2.45, 2.75) is 0 Å². The lowest BCUT2D eigenvalue weighted by Gasteiger charge is -2.12. The molecule has 0 radical (unpaired) electrons. The maximum Gasteiger partial charge on any atom is 0.339 e. The van der Waals surface area contributed by atoms with Crippen LogP contribution in [0.1, 0.15) is 11.1 Å². The Kier molecular flexibility index (Phi) is 7.43. The summed E-state index contributed by atoms with van der Waals surface area (Å²) in [5.41, 5.74) is 2.21. The van der Waals surface area contributed by atoms with Gasteiger partial charge < -0.3 is 19.5 Å². The Bertz CT molecular complexity index is 1080. The predicted octanol–water partition coefficient (Wildman–Crippen LogP) is 4.43. The summed E-state index contributed by atoms with van der Waals surface area (Å²) in [5.74, 6) is 0.0516. The van der Waals surface area contributed by atoms with Gasteiger partial charge in [-0.2, -0.15) is 0 Å². The third-order valence-corrected chi connectivity index (χ3v) is 4.46. The van der Waals surface area contributed by atoms with Crippen molar-refractivity contribution in [3.8, 4) is 11.5 Å². The van der Waals surface area contributed by atoms with E-state index in [1.807, 2.05) is 36.4 Å². The van der Waals surface area contributed by atoms with Crippen molar-refractivity contribution < 1.29 is 23.8 Å². The number of esters is 1. The number of hydrogen-bond donors (Lipinski definition) is 1. The van der Waals surface area contributed by atoms with Crippen LogP contribution in [0.4, 0.5) is 5.69 Å². The fourth-order valence-corrected chi connectivity index (χ4v) is 2.96. The average molecular weight is 417 g/mol. The second kappa shape index (κ2) is 10.6. The molecular weight excluding hydrogens is 394 g/mol. The van der Waals surface area contributed by atoms with E-state index < -0.39 is 18.5 Å². The van der Waals surface area contributed by atoms with Gasteiger partial charge in [-0.05, 0) is 29.8 Å². The van der Waals surface area contributed by atoms with Crippen LogP contribution < -0.4 is 14.8 Å². The van der Waals surface area contributed by atoms with Gasteiger partial charge in [0.2, 0.25) is 0 Å². The molecule has 0 atom stereocenters. The van der Waals surface area contributed by atoms with Gasteiger partial charge in [-0.15, -0.1) is 0 Å². The van der Waals surface area contributed by atoms with E-state index in [1.54, 1.807) is 55.7 Å². The first-order valence-corrected chi connectivity index (χ1v) is 9.62. The highest BCUT2D eigenvalue weighted by molar-refractivity contribution is 6.22. The molecule has 0 bridgehead atoms. The second-order valence-electron chi connectivity index (χ2n) is 6.49. The monoisotopic (exact) mass is 417 g/mol. The number of anilines is 1. The van der Waals surface area contributed by atoms with Crippen LogP contribution in [0.25, 0.3) is 11.6 Å². The molecule has 3 aromatic carbocycles. The van der Waals surface area contributed by atoms with Crippen molar-refractivity contribution in [3.63, 3.8) is 0 Å². The summed E-state index contributed by atoms with van der Waals surface area (Å²) in [6.07, 6.45) is 1.69. The normalized spacial score (nSPS) is 10.8. The fourth-order valence-electron chi connectivity index (χ4n) is 2.96. The lowest BCUT2D eigenvalue weighted by atomic mass is 10.0. The quantitative estimate of drug-likeness (QED) is 0.334. The zero-order valence-electron chi connectivity index (χ0n) is 17.3. The van der Waals surface area contributed by atoms with Crippen molar-refractivity contribution in [2.24, 2.45) is 0 Å². The van der Waals surface area contributed by atoms with Crippen LogP contribution in [0.5, 0.6) is 11.5 Å². The zero-order valence-corrected chi connectivity index (χ0v) is 17.3. The molecular formula is C25H23NO5. The SMILES string of the molecule is COc1ccccc1/C=C(/C(=O)OCC(=O)Nc1ccccc1OC)c1ccccc1. The predicted molar refractivity (Wildman–Crippen MR) is 120 cm³/mol. The van der Waals surface area contributed by atoms with Crippen LogP contribution in [0.15, 0.2) is 78.9 Å². The van der Waals surface area contributed by atoms with Gasteiger partial charge in [0.05, 0.1) is 25.5 Å². The third-order valence-electron chi connectivity index (χ3n) is 4.46. The van der Waals surface area contributed by atoms with Gasteiger partial charge in [0, 0.05) is 5.56 Å². The molecule has 1 N–H and O–H groups in total. The maximum atomic E-state index is 12.9. The Labute approximate surface area is 181 Å². The summed E-state index contributed by atoms with van der Waals surface area (Å²) >= 11 is 0. The number of rotatable bonds is 8. The number of amides is 1. The number of methoxy groups -OCH3 is 2. The summed E-state index contributed by atoms with van der Waals surface area (Å²) < 4.78 is 15.9. The molecule has 1 amide bonds. The van der Waals surface area contributed by atoms with Crippen molar-refractivity contribution in [3.05, 3.63) is 90.0 Å². The van der Waals surface area contributed by atoms with Gasteiger partial charge in [0.25, 0.3) is 5.91 Å². The van der Waals surface area contributed by atoms with Gasteiger partial charge in [-0.3, -0.25) is 4.79 Å². The molecule has 3 rings (SSSR count). The minimum absolute atomic E-state index is 0.315. The molecule has 6 heteroatoms. The van der Waals surface area contributed by atoms with E-state index in [9.17, 15) is 9.59 Å². The van der Waals surface area contributed by atoms with Crippen molar-refractivity contribution >= 4 is 29.2 Å². The standard InChI is InChI=1S/C25H23NO5/c1-29-22-14-8-6-12-19(22)16-20(18-10-4-3-5-11-18)25(28)31-17-24(27)26-21-13-7-9-15-23(21)30-2/h3-16H,17H2,1-2H3,(H,26,27)/b20-16+. The highest BCUT2D eigenvalue weighted by atomic mass is 16.5. The van der Waals surface area contributed by atoms with E-state index >= 15 is 0 Å². The molecule has 0 aliphatic carbocycles. The average Bonchev–Trinajstić information content (AvgIpc) is 2.82. The molecule has 31 heavy (non-hydrogen) atoms. The first-order valence-electron chi connectivity index (χ1n) is 9.62. The Morgan fingerprint density at radius 1 is 0.806 bits per heavy atom. The number of hydrogen-bond acceptors (Lipinski definition) is 5. The van der Waals surface area contributed by atoms with Gasteiger partial charge in [0.15, 0.2) is 6.61 Å². The molecule has 0 fully saturated rings. The molecule has 0 aliphatic rings. The van der Waals surface area contributed by atoms with E-state index in [0.29, 0.717) is 28.3 Å². The summed E-state index contributed by atoms with van der Waals surface area (Å²) in [6, 6.07) is 23.5. The van der Waals surface area contributed by atoms with E-state index in [2.05, 4.69) is 5.32 Å². The number of carbonyl (C=O) groups is 2. The van der Waals surface area contributed by atoms with E-state index in [1.165, 1.54) is 7.11 Å². The minimum atomic E-state index is -0.618. The molecule has 0 heterocycles. The molecule has 0 spiro atoms. The van der Waals surface area contributed by atoms with Gasteiger partial charge >= 0.3 is 5.97 Å². The first-order chi connectivity index (χ1) is 15.1. The van der Waals surface area contributed by atoms with Crippen LogP contribution >= 0.6 is 0 Å². The number of nitrogens with one attached hydrogen (secondary N) is 1. The lowest BCUT2D eigenvalue weighted by Crippen LogP contribution is -2.21. The third kappa shape index (κ3) is 5.73. The molecule has 6 nitrogen and oxygen atoms in total. The smallest absolute Gasteiger partial charge is 0.339 e. The second-order valence-corrected chi connectivity index (χ2v) is 6.49. The zero-order chi connectivity index (χ0) is 22.1. The summed E-state index contributed by atoms with van der Waals surface area (Å²) in [5, 5.41) is 2.68. The Morgan fingerprint density at radius 2 is 1.42 bits per heavy atom. The highest BCUT2D eigenvalue weighted by Crippen LogP contribution is 2.26. The fraction of sp³-hybridized carbons (Fsp3) is 0.120. The van der Waals surface area contributed by atoms with Crippen LogP contribution in [-0.4, -0.2) is 32.7 Å². The van der Waals surface area contributed by atoms with Gasteiger partial charge in [-0.25, -0.2) is 4.79 Å². The van der Waals surface area contributed by atoms with Crippen LogP contribution in [-0.2, 0) is 14.3 Å². The van der Waals surface area contributed by atoms with E-state index in [4.69, 9.17) is 14.2 Å². The summed E-state index contributed by atoms with van der Waals surface area (Å²) in [4.78, 5) is 25.2. The topological polar surface area (TPSA) is 73.9 Å². The number of ether oxygens (including phenoxy) is 3. The van der Waals surface area contributed by atoms with Crippen molar-refractivity contribution in [1.82, 2.24) is 0 Å². The number of para-hydroxylation sites is 3. The van der Waals surface area contributed by atoms with Crippen LogP contribution in [0.2, 0.25) is 0 Å². The molecule has 158 valence electrons. The Balaban J connectivity index is 1.78. The van der Waals surface area contributed by atoms with E-state index in [-0.39, 0.29) is 0 Å². The van der Waals surface area contributed by atoms with Crippen LogP contribution in [0.3, 0.4) is 0 Å². The molecule has 0 unspecified atom stereocenters. The Hall–Kier alpha value is -4.06. The first kappa shape index (κ1) is 21.6. The largest absolute Gasteiger partial charge is 0.496 e. The molecule has 0 saturated heterocycles. The van der Waals surface area contributed by atoms with Crippen molar-refractivity contribution in [1.29, 1.82) is 0 Å². The van der Waals surface area contributed by atoms with Crippen LogP contribution in [0, 0.1) is 0 Å². The maximum absolute atomic E-state index is 12.9. The minimum Gasteiger partial charge on any atom is -0.496 e. The highest BCUT2D eigenvalue weighted by Gasteiger charge is 2.17. The molecule has 0 saturated carbocycles. The lowest BCUT2D eigenvalue weighted by molar-refractivity contribution is -0.141. The molecule has 0 aromatic heterocycles. The summed E-state index contributed by atoms with van der Waals surface area (Å²) in [6.45, 7) is -0.438. The van der Waals surface area contributed by atoms with Crippen molar-refractivity contribution in [2.75, 3.05) is 26.1 Å².